The second-order valence-corrected chi connectivity index (χ2v) is 12.1. The van der Waals surface area contributed by atoms with Crippen LogP contribution < -0.4 is 21.1 Å². The van der Waals surface area contributed by atoms with Crippen LogP contribution >= 0.6 is 11.3 Å². The average molecular weight is 532 g/mol. The molecule has 4 aliphatic heterocycles. The summed E-state index contributed by atoms with van der Waals surface area (Å²) in [5.74, 6) is 1.89. The number of nitrogens with one attached hydrogen (secondary N) is 4. The number of rotatable bonds is 4. The minimum atomic E-state index is 0.210. The predicted molar refractivity (Wildman–Crippen MR) is 155 cm³/mol. The van der Waals surface area contributed by atoms with Crippen molar-refractivity contribution < 1.29 is 5.11 Å². The summed E-state index contributed by atoms with van der Waals surface area (Å²) in [5.41, 5.74) is 12.0. The third-order valence-corrected chi connectivity index (χ3v) is 10.2. The number of benzene rings is 1. The molecule has 1 aromatic carbocycles. The van der Waals surface area contributed by atoms with Gasteiger partial charge in [0.25, 0.3) is 0 Å². The van der Waals surface area contributed by atoms with Gasteiger partial charge in [0.05, 0.1) is 11.7 Å². The lowest BCUT2D eigenvalue weighted by Crippen LogP contribution is -2.46. The maximum absolute atomic E-state index is 10.4. The number of fused-ring (bicyclic) bond motifs is 3. The molecule has 2 aromatic heterocycles. The van der Waals surface area contributed by atoms with Crippen LogP contribution in [0.3, 0.4) is 0 Å². The van der Waals surface area contributed by atoms with Gasteiger partial charge in [-0.2, -0.15) is 0 Å². The summed E-state index contributed by atoms with van der Waals surface area (Å²) < 4.78 is 0. The van der Waals surface area contributed by atoms with Crippen LogP contribution in [-0.4, -0.2) is 58.7 Å². The fourth-order valence-corrected chi connectivity index (χ4v) is 8.02. The molecule has 4 aliphatic rings. The Morgan fingerprint density at radius 2 is 1.84 bits per heavy atom. The zero-order valence-electron chi connectivity index (χ0n) is 22.0. The van der Waals surface area contributed by atoms with Crippen molar-refractivity contribution in [2.45, 2.75) is 57.0 Å². The highest BCUT2D eigenvalue weighted by Crippen LogP contribution is 2.43. The first kappa shape index (κ1) is 24.1. The molecule has 2 fully saturated rings. The summed E-state index contributed by atoms with van der Waals surface area (Å²) in [7, 11) is 0. The van der Waals surface area contributed by atoms with E-state index in [9.17, 15) is 5.11 Å². The normalized spacial score (nSPS) is 22.8. The van der Waals surface area contributed by atoms with E-state index in [1.54, 1.807) is 6.07 Å². The molecule has 5 N–H and O–H groups in total. The van der Waals surface area contributed by atoms with Crippen LogP contribution in [0.4, 0.5) is 10.9 Å². The molecular weight excluding hydrogens is 494 g/mol. The lowest BCUT2D eigenvalue weighted by molar-refractivity contribution is 0.127. The van der Waals surface area contributed by atoms with Crippen molar-refractivity contribution in [3.05, 3.63) is 57.7 Å². The summed E-state index contributed by atoms with van der Waals surface area (Å²) in [5, 5.41) is 15.0. The highest BCUT2D eigenvalue weighted by Gasteiger charge is 2.33. The number of aromatic hydroxyl groups is 1. The molecule has 0 saturated carbocycles. The molecule has 0 bridgehead atoms. The number of H-pyrrole nitrogens is 1. The summed E-state index contributed by atoms with van der Waals surface area (Å²) in [6, 6.07) is 8.43. The maximum Gasteiger partial charge on any atom is 0.186 e. The smallest absolute Gasteiger partial charge is 0.186 e. The number of aromatic amines is 1. The van der Waals surface area contributed by atoms with Gasteiger partial charge >= 0.3 is 0 Å². The number of anilines is 2. The molecule has 8 nitrogen and oxygen atoms in total. The highest BCUT2D eigenvalue weighted by atomic mass is 32.1. The summed E-state index contributed by atoms with van der Waals surface area (Å²) in [6.45, 7) is 8.02. The van der Waals surface area contributed by atoms with Crippen molar-refractivity contribution in [1.82, 2.24) is 25.6 Å². The summed E-state index contributed by atoms with van der Waals surface area (Å²) >= 11 is 1.90. The third kappa shape index (κ3) is 4.26. The van der Waals surface area contributed by atoms with E-state index >= 15 is 0 Å². The van der Waals surface area contributed by atoms with Gasteiger partial charge in [-0.25, -0.2) is 4.98 Å². The third-order valence-electron chi connectivity index (χ3n) is 8.97. The fraction of sp³-hybridized carbons (Fsp3) is 0.483. The van der Waals surface area contributed by atoms with E-state index in [2.05, 4.69) is 50.1 Å². The monoisotopic (exact) mass is 531 g/mol. The summed E-state index contributed by atoms with van der Waals surface area (Å²) in [6.07, 6.45) is 10.3. The van der Waals surface area contributed by atoms with Crippen LogP contribution in [0, 0.1) is 0 Å². The van der Waals surface area contributed by atoms with E-state index in [1.165, 1.54) is 68.0 Å². The largest absolute Gasteiger partial charge is 0.507 e. The van der Waals surface area contributed by atoms with Crippen molar-refractivity contribution in [3.8, 4) is 5.75 Å². The number of likely N-dealkylation sites (tertiary alicyclic amines) is 1. The molecule has 3 aromatic rings. The zero-order valence-corrected chi connectivity index (χ0v) is 22.8. The van der Waals surface area contributed by atoms with E-state index in [4.69, 9.17) is 4.98 Å². The van der Waals surface area contributed by atoms with Gasteiger partial charge in [-0.1, -0.05) is 12.1 Å². The number of aromatic nitrogens is 2. The second kappa shape index (κ2) is 9.94. The lowest BCUT2D eigenvalue weighted by atomic mass is 9.93. The molecule has 200 valence electrons. The van der Waals surface area contributed by atoms with Crippen LogP contribution in [0.2, 0.25) is 0 Å². The molecule has 0 aliphatic carbocycles. The minimum Gasteiger partial charge on any atom is -0.507 e. The van der Waals surface area contributed by atoms with Gasteiger partial charge in [0.15, 0.2) is 5.13 Å². The standard InChI is InChI=1S/C29H37N7OS/c1-18-27-22-16-24(21-4-2-3-5-25(21)37)33-34-28(22)32-23(27)10-15-36(18)29-31-17-26(38-29)19-8-13-35(14-9-19)20-6-11-30-12-7-20/h2-5,16-20,30,32-34,37H,6-15H2,1H3/t18-/m1/s1. The van der Waals surface area contributed by atoms with Gasteiger partial charge in [0.2, 0.25) is 0 Å². The van der Waals surface area contributed by atoms with Gasteiger partial charge in [0, 0.05) is 52.5 Å². The van der Waals surface area contributed by atoms with Crippen molar-refractivity contribution in [2.75, 3.05) is 43.0 Å². The van der Waals surface area contributed by atoms with Crippen LogP contribution in [-0.2, 0) is 6.42 Å². The molecular formula is C29H37N7OS. The first-order valence-corrected chi connectivity index (χ1v) is 14.9. The topological polar surface area (TPSA) is 91.5 Å². The molecule has 0 radical (unpaired) electrons. The van der Waals surface area contributed by atoms with E-state index in [0.29, 0.717) is 5.92 Å². The van der Waals surface area contributed by atoms with Crippen LogP contribution in [0.5, 0.6) is 5.75 Å². The van der Waals surface area contributed by atoms with E-state index in [-0.39, 0.29) is 11.8 Å². The molecule has 2 saturated heterocycles. The van der Waals surface area contributed by atoms with Gasteiger partial charge in [-0.3, -0.25) is 10.9 Å². The highest BCUT2D eigenvalue weighted by molar-refractivity contribution is 7.15. The number of hydrogen-bond donors (Lipinski definition) is 5. The quantitative estimate of drug-likeness (QED) is 0.335. The van der Waals surface area contributed by atoms with Crippen molar-refractivity contribution in [3.63, 3.8) is 0 Å². The minimum absolute atomic E-state index is 0.210. The predicted octanol–water partition coefficient (Wildman–Crippen LogP) is 4.66. The Morgan fingerprint density at radius 1 is 1.03 bits per heavy atom. The van der Waals surface area contributed by atoms with E-state index < -0.39 is 0 Å². The van der Waals surface area contributed by atoms with Gasteiger partial charge in [-0.05, 0) is 82.9 Å². The fourth-order valence-electron chi connectivity index (χ4n) is 6.82. The van der Waals surface area contributed by atoms with Crippen molar-refractivity contribution in [2.24, 2.45) is 0 Å². The number of phenols is 1. The van der Waals surface area contributed by atoms with Crippen LogP contribution in [0.15, 0.2) is 30.5 Å². The lowest BCUT2D eigenvalue weighted by Gasteiger charge is -2.39. The number of hydrazine groups is 1. The molecule has 38 heavy (non-hydrogen) atoms. The molecule has 9 heteroatoms. The number of piperidine rings is 2. The summed E-state index contributed by atoms with van der Waals surface area (Å²) in [4.78, 5) is 15.2. The number of para-hydroxylation sites is 1. The van der Waals surface area contributed by atoms with Crippen LogP contribution in [0.25, 0.3) is 11.8 Å². The van der Waals surface area contributed by atoms with Gasteiger partial charge < -0.3 is 25.2 Å². The number of thiazole rings is 1. The number of phenolic OH excluding ortho intramolecular Hbond substituents is 1. The van der Waals surface area contributed by atoms with Gasteiger partial charge in [-0.15, -0.1) is 11.3 Å². The zero-order chi connectivity index (χ0) is 25.6. The number of nitrogens with zero attached hydrogens (tertiary/aromatic N) is 3. The Labute approximate surface area is 228 Å². The molecule has 0 spiro atoms. The average Bonchev–Trinajstić information content (AvgIpc) is 3.59. The molecule has 7 rings (SSSR count). The Morgan fingerprint density at radius 3 is 2.66 bits per heavy atom. The molecule has 1 atom stereocenters. The SMILES string of the molecule is C[C@@H]1c2c([nH]c3c2C=C(c2ccccc2O)NN3)CCN1c1ncc(C2CCN(C3CCNCC3)CC2)s1. The Hall–Kier alpha value is -3.01. The maximum atomic E-state index is 10.4. The molecule has 0 amide bonds. The Bertz CT molecular complexity index is 1330. The van der Waals surface area contributed by atoms with Crippen molar-refractivity contribution >= 4 is 34.1 Å². The van der Waals surface area contributed by atoms with Gasteiger partial charge in [0.1, 0.15) is 11.6 Å². The molecule has 6 heterocycles. The molecule has 0 unspecified atom stereocenters. The Kier molecular flexibility index (Phi) is 6.30. The number of hydrogen-bond acceptors (Lipinski definition) is 8. The van der Waals surface area contributed by atoms with Crippen molar-refractivity contribution in [1.29, 1.82) is 0 Å². The first-order valence-electron chi connectivity index (χ1n) is 14.1. The van der Waals surface area contributed by atoms with Crippen LogP contribution in [0.1, 0.15) is 71.8 Å². The first-order chi connectivity index (χ1) is 18.7. The second-order valence-electron chi connectivity index (χ2n) is 11.1. The van der Waals surface area contributed by atoms with E-state index in [1.807, 2.05) is 29.5 Å². The Balaban J connectivity index is 1.09. The van der Waals surface area contributed by atoms with E-state index in [0.717, 1.165) is 46.8 Å².